The van der Waals surface area contributed by atoms with Crippen LogP contribution >= 0.6 is 0 Å². The minimum atomic E-state index is -1.37. The Hall–Kier alpha value is -2.00. The molecule has 0 saturated carbocycles. The van der Waals surface area contributed by atoms with Crippen molar-refractivity contribution in [2.45, 2.75) is 44.5 Å². The number of ether oxygens (including phenoxy) is 2. The summed E-state index contributed by atoms with van der Waals surface area (Å²) >= 11 is 0. The smallest absolute Gasteiger partial charge is 0.223 e. The summed E-state index contributed by atoms with van der Waals surface area (Å²) in [5, 5.41) is 31.8. The number of carbonyl (C=O) groups excluding carboxylic acids is 2. The molecule has 1 aromatic rings. The summed E-state index contributed by atoms with van der Waals surface area (Å²) < 4.78 is 11.1. The predicted molar refractivity (Wildman–Crippen MR) is 82.4 cm³/mol. The molecule has 0 unspecified atom stereocenters. The van der Waals surface area contributed by atoms with E-state index in [4.69, 9.17) is 9.47 Å². The van der Waals surface area contributed by atoms with Crippen LogP contribution in [0.25, 0.3) is 0 Å². The molecular formula is C16H21NO7. The van der Waals surface area contributed by atoms with Crippen molar-refractivity contribution in [1.29, 1.82) is 0 Å². The van der Waals surface area contributed by atoms with Crippen LogP contribution in [-0.4, -0.2) is 64.3 Å². The number of hydrogen-bond donors (Lipinski definition) is 4. The Balaban J connectivity index is 2.19. The van der Waals surface area contributed by atoms with Gasteiger partial charge in [-0.2, -0.15) is 0 Å². The van der Waals surface area contributed by atoms with Crippen LogP contribution in [0.2, 0.25) is 0 Å². The molecule has 1 aliphatic heterocycles. The van der Waals surface area contributed by atoms with Gasteiger partial charge in [-0.15, -0.1) is 0 Å². The van der Waals surface area contributed by atoms with Crippen molar-refractivity contribution in [3.8, 4) is 5.75 Å². The molecule has 2 rings (SSSR count). The maximum Gasteiger partial charge on any atom is 0.223 e. The summed E-state index contributed by atoms with van der Waals surface area (Å²) in [5.41, 5.74) is 0.508. The molecule has 24 heavy (non-hydrogen) atoms. The number of amides is 1. The normalized spacial score (nSPS) is 29.8. The van der Waals surface area contributed by atoms with Gasteiger partial charge in [0.1, 0.15) is 30.1 Å². The van der Waals surface area contributed by atoms with Crippen LogP contribution < -0.4 is 10.1 Å². The first-order valence-electron chi connectivity index (χ1n) is 7.50. The van der Waals surface area contributed by atoms with Crippen LogP contribution in [-0.2, 0) is 9.53 Å². The summed E-state index contributed by atoms with van der Waals surface area (Å²) in [7, 11) is 0. The molecular weight excluding hydrogens is 318 g/mol. The Morgan fingerprint density at radius 1 is 1.17 bits per heavy atom. The average Bonchev–Trinajstić information content (AvgIpc) is 2.54. The number of hydrogen-bond acceptors (Lipinski definition) is 7. The molecule has 1 aliphatic rings. The number of rotatable bonds is 5. The fourth-order valence-corrected chi connectivity index (χ4v) is 2.47. The Kier molecular flexibility index (Phi) is 5.89. The highest BCUT2D eigenvalue weighted by atomic mass is 16.7. The third-order valence-corrected chi connectivity index (χ3v) is 3.76. The molecule has 1 amide bonds. The molecule has 0 radical (unpaired) electrons. The molecule has 5 atom stereocenters. The van der Waals surface area contributed by atoms with Gasteiger partial charge in [0.25, 0.3) is 0 Å². The van der Waals surface area contributed by atoms with Gasteiger partial charge in [0.15, 0.2) is 5.78 Å². The topological polar surface area (TPSA) is 125 Å². The number of Topliss-reactive ketones (excluding diaryl/α,β-unsaturated/α-hetero) is 1. The van der Waals surface area contributed by atoms with Gasteiger partial charge in [-0.25, -0.2) is 0 Å². The summed E-state index contributed by atoms with van der Waals surface area (Å²) in [6.45, 7) is 2.18. The first-order chi connectivity index (χ1) is 11.3. The van der Waals surface area contributed by atoms with Gasteiger partial charge >= 0.3 is 0 Å². The van der Waals surface area contributed by atoms with E-state index in [2.05, 4.69) is 5.32 Å². The molecule has 0 spiro atoms. The third kappa shape index (κ3) is 4.09. The lowest BCUT2D eigenvalue weighted by atomic mass is 9.97. The number of aliphatic hydroxyl groups is 3. The second-order valence-corrected chi connectivity index (χ2v) is 5.63. The van der Waals surface area contributed by atoms with Crippen molar-refractivity contribution < 1.29 is 34.4 Å². The Morgan fingerprint density at radius 2 is 1.79 bits per heavy atom. The molecule has 8 heteroatoms. The number of benzene rings is 1. The van der Waals surface area contributed by atoms with Crippen molar-refractivity contribution in [2.24, 2.45) is 0 Å². The van der Waals surface area contributed by atoms with E-state index in [0.717, 1.165) is 0 Å². The minimum Gasteiger partial charge on any atom is -0.463 e. The Labute approximate surface area is 139 Å². The van der Waals surface area contributed by atoms with Crippen molar-refractivity contribution >= 4 is 11.7 Å². The second-order valence-electron chi connectivity index (χ2n) is 5.63. The third-order valence-electron chi connectivity index (χ3n) is 3.76. The van der Waals surface area contributed by atoms with Gasteiger partial charge in [0, 0.05) is 12.5 Å². The summed E-state index contributed by atoms with van der Waals surface area (Å²) in [4.78, 5) is 22.6. The van der Waals surface area contributed by atoms with E-state index in [9.17, 15) is 24.9 Å². The first-order valence-corrected chi connectivity index (χ1v) is 7.50. The van der Waals surface area contributed by atoms with Crippen LogP contribution in [0.1, 0.15) is 24.2 Å². The van der Waals surface area contributed by atoms with Crippen LogP contribution in [0.4, 0.5) is 0 Å². The van der Waals surface area contributed by atoms with Gasteiger partial charge in [-0.05, 0) is 31.2 Å². The molecule has 1 saturated heterocycles. The number of nitrogens with one attached hydrogen (secondary N) is 1. The minimum absolute atomic E-state index is 0.0921. The predicted octanol–water partition coefficient (Wildman–Crippen LogP) is -0.788. The zero-order valence-corrected chi connectivity index (χ0v) is 13.4. The number of aliphatic hydroxyl groups excluding tert-OH is 3. The van der Waals surface area contributed by atoms with E-state index in [0.29, 0.717) is 11.3 Å². The lowest BCUT2D eigenvalue weighted by molar-refractivity contribution is -0.244. The maximum absolute atomic E-state index is 11.3. The average molecular weight is 339 g/mol. The lowest BCUT2D eigenvalue weighted by Crippen LogP contribution is -2.65. The number of ketones is 1. The molecule has 132 valence electrons. The van der Waals surface area contributed by atoms with Crippen molar-refractivity contribution in [3.63, 3.8) is 0 Å². The van der Waals surface area contributed by atoms with Crippen molar-refractivity contribution in [3.05, 3.63) is 29.8 Å². The van der Waals surface area contributed by atoms with Crippen LogP contribution in [0.15, 0.2) is 24.3 Å². The largest absolute Gasteiger partial charge is 0.463 e. The zero-order valence-electron chi connectivity index (χ0n) is 13.4. The first kappa shape index (κ1) is 18.3. The zero-order chi connectivity index (χ0) is 17.9. The Morgan fingerprint density at radius 3 is 2.29 bits per heavy atom. The summed E-state index contributed by atoms with van der Waals surface area (Å²) in [5.74, 6) is -0.177. The molecule has 1 heterocycles. The fourth-order valence-electron chi connectivity index (χ4n) is 2.47. The highest BCUT2D eigenvalue weighted by Crippen LogP contribution is 2.24. The molecule has 4 N–H and O–H groups in total. The molecule has 0 aliphatic carbocycles. The van der Waals surface area contributed by atoms with E-state index in [1.54, 1.807) is 24.3 Å². The Bertz CT molecular complexity index is 589. The second kappa shape index (κ2) is 7.71. The summed E-state index contributed by atoms with van der Waals surface area (Å²) in [6.07, 6.45) is -4.91. The SMILES string of the molecule is CC(=O)N[C@H]1[C@@H](Oc2ccc(C(C)=O)cc2)O[C@H](CO)[C@H](O)[C@@H]1O. The van der Waals surface area contributed by atoms with E-state index in [1.165, 1.54) is 13.8 Å². The van der Waals surface area contributed by atoms with E-state index in [1.807, 2.05) is 0 Å². The highest BCUT2D eigenvalue weighted by Gasteiger charge is 2.46. The van der Waals surface area contributed by atoms with Crippen LogP contribution in [0.3, 0.4) is 0 Å². The van der Waals surface area contributed by atoms with E-state index in [-0.39, 0.29) is 5.78 Å². The van der Waals surface area contributed by atoms with Crippen LogP contribution in [0, 0.1) is 0 Å². The number of carbonyl (C=O) groups is 2. The lowest BCUT2D eigenvalue weighted by Gasteiger charge is -2.42. The van der Waals surface area contributed by atoms with Gasteiger partial charge in [0.2, 0.25) is 12.2 Å². The molecule has 0 bridgehead atoms. The monoisotopic (exact) mass is 339 g/mol. The van der Waals surface area contributed by atoms with Crippen LogP contribution in [0.5, 0.6) is 5.75 Å². The van der Waals surface area contributed by atoms with Gasteiger partial charge in [0.05, 0.1) is 6.61 Å². The maximum atomic E-state index is 11.3. The summed E-state index contributed by atoms with van der Waals surface area (Å²) in [6, 6.07) is 5.23. The van der Waals surface area contributed by atoms with Crippen molar-refractivity contribution in [1.82, 2.24) is 5.32 Å². The highest BCUT2D eigenvalue weighted by molar-refractivity contribution is 5.94. The molecule has 1 aromatic carbocycles. The van der Waals surface area contributed by atoms with E-state index < -0.39 is 43.2 Å². The van der Waals surface area contributed by atoms with Gasteiger partial charge in [-0.3, -0.25) is 9.59 Å². The van der Waals surface area contributed by atoms with Crippen molar-refractivity contribution in [2.75, 3.05) is 6.61 Å². The van der Waals surface area contributed by atoms with Gasteiger partial charge < -0.3 is 30.1 Å². The standard InChI is InChI=1S/C16H21NO7/c1-8(19)10-3-5-11(6-4-10)23-16-13(17-9(2)20)15(22)14(21)12(7-18)24-16/h3-6,12-16,18,21-22H,7H2,1-2H3,(H,17,20)/t12-,13-,14+,15-,16+/m1/s1. The van der Waals surface area contributed by atoms with Gasteiger partial charge in [-0.1, -0.05) is 0 Å². The van der Waals surface area contributed by atoms with E-state index >= 15 is 0 Å². The molecule has 1 fully saturated rings. The fraction of sp³-hybridized carbons (Fsp3) is 0.500. The quantitative estimate of drug-likeness (QED) is 0.518. The molecule has 0 aromatic heterocycles. The molecule has 8 nitrogen and oxygen atoms in total.